The highest BCUT2D eigenvalue weighted by Gasteiger charge is 2.38. The van der Waals surface area contributed by atoms with Crippen molar-refractivity contribution < 1.29 is 0 Å². The van der Waals surface area contributed by atoms with Gasteiger partial charge in [0.05, 0.1) is 11.6 Å². The maximum atomic E-state index is 8.89. The standard InChI is InChI=1S/C12H13BrN2/c13-11-3-2-9(7-14)6-10(11)12(8-15)4-1-5-12/h2-3,6H,1,4-5,8,15H2. The number of nitrogens with zero attached hydrogens (tertiary/aromatic N) is 1. The smallest absolute Gasteiger partial charge is 0.0991 e. The molecule has 0 unspecified atom stereocenters. The molecule has 1 aromatic rings. The fraction of sp³-hybridized carbons (Fsp3) is 0.417. The van der Waals surface area contributed by atoms with Crippen LogP contribution in [0, 0.1) is 11.3 Å². The van der Waals surface area contributed by atoms with Gasteiger partial charge in [0.2, 0.25) is 0 Å². The van der Waals surface area contributed by atoms with E-state index in [-0.39, 0.29) is 5.41 Å². The van der Waals surface area contributed by atoms with Crippen molar-refractivity contribution in [3.8, 4) is 6.07 Å². The predicted molar refractivity (Wildman–Crippen MR) is 63.4 cm³/mol. The van der Waals surface area contributed by atoms with Gasteiger partial charge in [0.1, 0.15) is 0 Å². The Bertz CT molecular complexity index is 411. The fourth-order valence-corrected chi connectivity index (χ4v) is 2.86. The van der Waals surface area contributed by atoms with Crippen LogP contribution in [-0.2, 0) is 5.41 Å². The van der Waals surface area contributed by atoms with Gasteiger partial charge in [0, 0.05) is 16.4 Å². The molecule has 2 rings (SSSR count). The molecule has 15 heavy (non-hydrogen) atoms. The Labute approximate surface area is 98.2 Å². The lowest BCUT2D eigenvalue weighted by atomic mass is 9.64. The lowest BCUT2D eigenvalue weighted by Crippen LogP contribution is -2.41. The van der Waals surface area contributed by atoms with Crippen LogP contribution < -0.4 is 5.73 Å². The summed E-state index contributed by atoms with van der Waals surface area (Å²) in [6.45, 7) is 0.667. The van der Waals surface area contributed by atoms with Crippen molar-refractivity contribution in [2.45, 2.75) is 24.7 Å². The minimum Gasteiger partial charge on any atom is -0.330 e. The first-order valence-electron chi connectivity index (χ1n) is 5.12. The van der Waals surface area contributed by atoms with Gasteiger partial charge < -0.3 is 5.73 Å². The van der Waals surface area contributed by atoms with E-state index in [0.29, 0.717) is 12.1 Å². The molecule has 1 saturated carbocycles. The number of rotatable bonds is 2. The maximum absolute atomic E-state index is 8.89. The van der Waals surface area contributed by atoms with Crippen molar-refractivity contribution in [2.24, 2.45) is 5.73 Å². The molecular formula is C12H13BrN2. The first-order chi connectivity index (χ1) is 7.22. The van der Waals surface area contributed by atoms with Crippen LogP contribution in [0.25, 0.3) is 0 Å². The summed E-state index contributed by atoms with van der Waals surface area (Å²) in [7, 11) is 0. The van der Waals surface area contributed by atoms with Crippen molar-refractivity contribution in [1.82, 2.24) is 0 Å². The predicted octanol–water partition coefficient (Wildman–Crippen LogP) is 2.70. The van der Waals surface area contributed by atoms with Gasteiger partial charge in [-0.25, -0.2) is 0 Å². The molecule has 0 atom stereocenters. The second-order valence-electron chi connectivity index (χ2n) is 4.14. The van der Waals surface area contributed by atoms with E-state index in [4.69, 9.17) is 11.0 Å². The Kier molecular flexibility index (Phi) is 2.81. The number of nitrogens with two attached hydrogens (primary N) is 1. The Hall–Kier alpha value is -0.850. The van der Waals surface area contributed by atoms with Crippen LogP contribution in [0.3, 0.4) is 0 Å². The number of nitriles is 1. The highest BCUT2D eigenvalue weighted by atomic mass is 79.9. The topological polar surface area (TPSA) is 49.8 Å². The Balaban J connectivity index is 2.47. The first-order valence-corrected chi connectivity index (χ1v) is 5.91. The fourth-order valence-electron chi connectivity index (χ4n) is 2.19. The second-order valence-corrected chi connectivity index (χ2v) is 5.00. The molecule has 0 bridgehead atoms. The monoisotopic (exact) mass is 264 g/mol. The van der Waals surface area contributed by atoms with Gasteiger partial charge in [-0.2, -0.15) is 5.26 Å². The highest BCUT2D eigenvalue weighted by Crippen LogP contribution is 2.45. The molecule has 0 amide bonds. The van der Waals surface area contributed by atoms with Gasteiger partial charge in [-0.15, -0.1) is 0 Å². The van der Waals surface area contributed by atoms with Crippen molar-refractivity contribution in [3.05, 3.63) is 33.8 Å². The SMILES string of the molecule is N#Cc1ccc(Br)c(C2(CN)CCC2)c1. The van der Waals surface area contributed by atoms with E-state index in [1.807, 2.05) is 18.2 Å². The van der Waals surface area contributed by atoms with Gasteiger partial charge in [-0.1, -0.05) is 22.4 Å². The van der Waals surface area contributed by atoms with E-state index < -0.39 is 0 Å². The minimum absolute atomic E-state index is 0.117. The summed E-state index contributed by atoms with van der Waals surface area (Å²) in [5, 5.41) is 8.89. The van der Waals surface area contributed by atoms with E-state index >= 15 is 0 Å². The third-order valence-electron chi connectivity index (χ3n) is 3.37. The van der Waals surface area contributed by atoms with Gasteiger partial charge in [0.15, 0.2) is 0 Å². The molecule has 1 fully saturated rings. The molecule has 1 aliphatic rings. The van der Waals surface area contributed by atoms with Gasteiger partial charge in [-0.3, -0.25) is 0 Å². The molecule has 0 aliphatic heterocycles. The molecule has 3 heteroatoms. The molecule has 0 heterocycles. The van der Waals surface area contributed by atoms with Gasteiger partial charge in [0.25, 0.3) is 0 Å². The Morgan fingerprint density at radius 1 is 1.47 bits per heavy atom. The maximum Gasteiger partial charge on any atom is 0.0991 e. The summed E-state index contributed by atoms with van der Waals surface area (Å²) in [5.74, 6) is 0. The summed E-state index contributed by atoms with van der Waals surface area (Å²) in [4.78, 5) is 0. The molecule has 0 radical (unpaired) electrons. The van der Waals surface area contributed by atoms with Crippen molar-refractivity contribution in [1.29, 1.82) is 5.26 Å². The molecule has 2 nitrogen and oxygen atoms in total. The molecule has 1 aliphatic carbocycles. The average Bonchev–Trinajstić information content (AvgIpc) is 2.20. The molecule has 0 spiro atoms. The molecule has 78 valence electrons. The molecular weight excluding hydrogens is 252 g/mol. The zero-order chi connectivity index (χ0) is 10.9. The minimum atomic E-state index is 0.117. The molecule has 2 N–H and O–H groups in total. The molecule has 0 aromatic heterocycles. The summed E-state index contributed by atoms with van der Waals surface area (Å²) < 4.78 is 1.08. The zero-order valence-electron chi connectivity index (χ0n) is 8.46. The van der Waals surface area contributed by atoms with Gasteiger partial charge in [-0.05, 0) is 36.6 Å². The summed E-state index contributed by atoms with van der Waals surface area (Å²) in [6, 6.07) is 7.92. The van der Waals surface area contributed by atoms with Crippen LogP contribution >= 0.6 is 15.9 Å². The van der Waals surface area contributed by atoms with Crippen LogP contribution in [0.2, 0.25) is 0 Å². The van der Waals surface area contributed by atoms with E-state index in [2.05, 4.69) is 22.0 Å². The second kappa shape index (κ2) is 3.96. The van der Waals surface area contributed by atoms with Crippen molar-refractivity contribution in [3.63, 3.8) is 0 Å². The quantitative estimate of drug-likeness (QED) is 0.893. The van der Waals surface area contributed by atoms with Crippen LogP contribution in [0.15, 0.2) is 22.7 Å². The molecule has 0 saturated heterocycles. The van der Waals surface area contributed by atoms with Crippen molar-refractivity contribution >= 4 is 15.9 Å². The zero-order valence-corrected chi connectivity index (χ0v) is 10.0. The lowest BCUT2D eigenvalue weighted by Gasteiger charge is -2.42. The number of halogens is 1. The highest BCUT2D eigenvalue weighted by molar-refractivity contribution is 9.10. The normalized spacial score (nSPS) is 17.9. The van der Waals surface area contributed by atoms with Crippen LogP contribution in [0.4, 0.5) is 0 Å². The Morgan fingerprint density at radius 3 is 2.67 bits per heavy atom. The Morgan fingerprint density at radius 2 is 2.20 bits per heavy atom. The van der Waals surface area contributed by atoms with Crippen LogP contribution in [0.5, 0.6) is 0 Å². The van der Waals surface area contributed by atoms with E-state index in [1.54, 1.807) is 0 Å². The number of hydrogen-bond donors (Lipinski definition) is 1. The number of benzene rings is 1. The van der Waals surface area contributed by atoms with E-state index in [1.165, 1.54) is 12.0 Å². The van der Waals surface area contributed by atoms with Crippen LogP contribution in [0.1, 0.15) is 30.4 Å². The third-order valence-corrected chi connectivity index (χ3v) is 4.06. The largest absolute Gasteiger partial charge is 0.330 e. The lowest BCUT2D eigenvalue weighted by molar-refractivity contribution is 0.252. The first kappa shape index (κ1) is 10.7. The van der Waals surface area contributed by atoms with Crippen molar-refractivity contribution in [2.75, 3.05) is 6.54 Å². The summed E-state index contributed by atoms with van der Waals surface area (Å²) in [6.07, 6.45) is 3.51. The third kappa shape index (κ3) is 1.68. The number of hydrogen-bond acceptors (Lipinski definition) is 2. The average molecular weight is 265 g/mol. The summed E-state index contributed by atoms with van der Waals surface area (Å²) in [5.41, 5.74) is 7.89. The van der Waals surface area contributed by atoms with Gasteiger partial charge >= 0.3 is 0 Å². The summed E-state index contributed by atoms with van der Waals surface area (Å²) >= 11 is 3.55. The molecule has 1 aromatic carbocycles. The van der Waals surface area contributed by atoms with E-state index in [9.17, 15) is 0 Å². The van der Waals surface area contributed by atoms with E-state index in [0.717, 1.165) is 17.3 Å². The van der Waals surface area contributed by atoms with Crippen LogP contribution in [-0.4, -0.2) is 6.54 Å².